The third-order valence-corrected chi connectivity index (χ3v) is 3.16. The Morgan fingerprint density at radius 1 is 1.44 bits per heavy atom. The molecule has 1 saturated heterocycles. The van der Waals surface area contributed by atoms with E-state index in [1.54, 1.807) is 7.11 Å². The first-order chi connectivity index (χ1) is 7.70. The van der Waals surface area contributed by atoms with E-state index in [-0.39, 0.29) is 5.91 Å². The molecule has 16 heavy (non-hydrogen) atoms. The third kappa shape index (κ3) is 2.18. The smallest absolute Gasteiger partial charge is 0.220 e. The zero-order valence-electron chi connectivity index (χ0n) is 9.75. The molecule has 0 saturated carbocycles. The highest BCUT2D eigenvalue weighted by atomic mass is 16.5. The normalized spacial score (nSPS) is 20.4. The van der Waals surface area contributed by atoms with E-state index < -0.39 is 0 Å². The average Bonchev–Trinajstić information content (AvgIpc) is 2.30. The van der Waals surface area contributed by atoms with Crippen molar-refractivity contribution in [3.63, 3.8) is 0 Å². The molecule has 1 atom stereocenters. The second-order valence-electron chi connectivity index (χ2n) is 4.27. The lowest BCUT2D eigenvalue weighted by molar-refractivity contribution is -0.122. The molecule has 1 unspecified atom stereocenters. The van der Waals surface area contributed by atoms with E-state index in [0.717, 1.165) is 24.3 Å². The van der Waals surface area contributed by atoms with Crippen molar-refractivity contribution in [2.75, 3.05) is 13.7 Å². The van der Waals surface area contributed by atoms with Crippen LogP contribution in [0.25, 0.3) is 0 Å². The van der Waals surface area contributed by atoms with Crippen LogP contribution >= 0.6 is 0 Å². The van der Waals surface area contributed by atoms with Gasteiger partial charge in [0.1, 0.15) is 5.75 Å². The molecule has 1 aliphatic rings. The number of nitrogens with one attached hydrogen (secondary N) is 1. The number of ether oxygens (including phenoxy) is 1. The summed E-state index contributed by atoms with van der Waals surface area (Å²) in [6.45, 7) is 2.80. The molecule has 0 aliphatic carbocycles. The lowest BCUT2D eigenvalue weighted by atomic mass is 9.90. The number of amides is 1. The molecule has 3 nitrogen and oxygen atoms in total. The first kappa shape index (κ1) is 11.0. The van der Waals surface area contributed by atoms with Gasteiger partial charge in [0.25, 0.3) is 0 Å². The van der Waals surface area contributed by atoms with Crippen molar-refractivity contribution in [1.29, 1.82) is 0 Å². The maximum atomic E-state index is 11.1. The quantitative estimate of drug-likeness (QED) is 0.826. The minimum Gasteiger partial charge on any atom is -0.496 e. The third-order valence-electron chi connectivity index (χ3n) is 3.16. The monoisotopic (exact) mass is 219 g/mol. The van der Waals surface area contributed by atoms with Gasteiger partial charge >= 0.3 is 0 Å². The first-order valence-electron chi connectivity index (χ1n) is 5.62. The van der Waals surface area contributed by atoms with Gasteiger partial charge in [0.2, 0.25) is 5.91 Å². The standard InChI is InChI=1S/C13H17NO2/c1-9-7-10(3-5-12(9)16-2)11-4-6-13(15)14-8-11/h3,5,7,11H,4,6,8H2,1-2H3,(H,14,15). The van der Waals surface area contributed by atoms with Gasteiger partial charge in [0.15, 0.2) is 0 Å². The summed E-state index contributed by atoms with van der Waals surface area (Å²) in [6.07, 6.45) is 1.58. The molecule has 1 heterocycles. The molecule has 1 N–H and O–H groups in total. The van der Waals surface area contributed by atoms with E-state index in [0.29, 0.717) is 12.3 Å². The summed E-state index contributed by atoms with van der Waals surface area (Å²) in [5.41, 5.74) is 2.44. The molecule has 3 heteroatoms. The molecule has 0 aromatic heterocycles. The summed E-state index contributed by atoms with van der Waals surface area (Å²) in [5, 5.41) is 2.91. The Labute approximate surface area is 95.8 Å². The number of aryl methyl sites for hydroxylation is 1. The highest BCUT2D eigenvalue weighted by Crippen LogP contribution is 2.27. The van der Waals surface area contributed by atoms with Crippen molar-refractivity contribution < 1.29 is 9.53 Å². The van der Waals surface area contributed by atoms with Gasteiger partial charge in [-0.25, -0.2) is 0 Å². The molecule has 0 radical (unpaired) electrons. The van der Waals surface area contributed by atoms with Crippen molar-refractivity contribution in [3.05, 3.63) is 29.3 Å². The molecular formula is C13H17NO2. The van der Waals surface area contributed by atoms with E-state index in [2.05, 4.69) is 17.4 Å². The number of rotatable bonds is 2. The first-order valence-corrected chi connectivity index (χ1v) is 5.62. The van der Waals surface area contributed by atoms with Crippen LogP contribution in [-0.2, 0) is 4.79 Å². The fraction of sp³-hybridized carbons (Fsp3) is 0.462. The number of carbonyl (C=O) groups is 1. The molecule has 1 aromatic rings. The summed E-state index contributed by atoms with van der Waals surface area (Å²) in [5.74, 6) is 1.53. The maximum absolute atomic E-state index is 11.1. The van der Waals surface area contributed by atoms with E-state index in [1.165, 1.54) is 5.56 Å². The lowest BCUT2D eigenvalue weighted by Crippen LogP contribution is -2.33. The lowest BCUT2D eigenvalue weighted by Gasteiger charge is -2.23. The van der Waals surface area contributed by atoms with E-state index in [9.17, 15) is 4.79 Å². The summed E-state index contributed by atoms with van der Waals surface area (Å²) >= 11 is 0. The Hall–Kier alpha value is -1.51. The van der Waals surface area contributed by atoms with Crippen LogP contribution in [0, 0.1) is 6.92 Å². The molecule has 2 rings (SSSR count). The maximum Gasteiger partial charge on any atom is 0.220 e. The molecule has 1 aliphatic heterocycles. The Bertz CT molecular complexity index is 391. The Morgan fingerprint density at radius 2 is 2.25 bits per heavy atom. The predicted molar refractivity (Wildman–Crippen MR) is 62.7 cm³/mol. The van der Waals surface area contributed by atoms with Crippen molar-refractivity contribution in [1.82, 2.24) is 5.32 Å². The molecule has 86 valence electrons. The van der Waals surface area contributed by atoms with Gasteiger partial charge in [0, 0.05) is 18.9 Å². The van der Waals surface area contributed by atoms with Crippen molar-refractivity contribution in [2.45, 2.75) is 25.7 Å². The Kier molecular flexibility index (Phi) is 3.13. The van der Waals surface area contributed by atoms with E-state index >= 15 is 0 Å². The number of methoxy groups -OCH3 is 1. The molecule has 0 bridgehead atoms. The van der Waals surface area contributed by atoms with Crippen LogP contribution < -0.4 is 10.1 Å². The summed E-state index contributed by atoms with van der Waals surface area (Å²) < 4.78 is 5.23. The van der Waals surface area contributed by atoms with Crippen LogP contribution in [0.3, 0.4) is 0 Å². The van der Waals surface area contributed by atoms with Gasteiger partial charge < -0.3 is 10.1 Å². The second kappa shape index (κ2) is 4.56. The Morgan fingerprint density at radius 3 is 2.81 bits per heavy atom. The number of piperidine rings is 1. The summed E-state index contributed by atoms with van der Waals surface area (Å²) in [7, 11) is 1.68. The fourth-order valence-electron chi connectivity index (χ4n) is 2.17. The van der Waals surface area contributed by atoms with Crippen LogP contribution in [0.4, 0.5) is 0 Å². The molecular weight excluding hydrogens is 202 g/mol. The van der Waals surface area contributed by atoms with Crippen LogP contribution in [0.2, 0.25) is 0 Å². The van der Waals surface area contributed by atoms with Crippen LogP contribution in [-0.4, -0.2) is 19.6 Å². The topological polar surface area (TPSA) is 38.3 Å². The van der Waals surface area contributed by atoms with Gasteiger partial charge in [-0.2, -0.15) is 0 Å². The molecule has 1 fully saturated rings. The number of benzene rings is 1. The number of hydrogen-bond donors (Lipinski definition) is 1. The highest BCUT2D eigenvalue weighted by molar-refractivity contribution is 5.76. The van der Waals surface area contributed by atoms with Crippen LogP contribution in [0.1, 0.15) is 29.9 Å². The summed E-state index contributed by atoms with van der Waals surface area (Å²) in [4.78, 5) is 11.1. The SMILES string of the molecule is COc1ccc(C2CCC(=O)NC2)cc1C. The minimum atomic E-state index is 0.168. The number of hydrogen-bond acceptors (Lipinski definition) is 2. The van der Waals surface area contributed by atoms with Crippen LogP contribution in [0.5, 0.6) is 5.75 Å². The molecule has 1 aromatic carbocycles. The van der Waals surface area contributed by atoms with Gasteiger partial charge in [0.05, 0.1) is 7.11 Å². The Balaban J connectivity index is 2.15. The van der Waals surface area contributed by atoms with Crippen molar-refractivity contribution in [3.8, 4) is 5.75 Å². The van der Waals surface area contributed by atoms with Gasteiger partial charge in [-0.05, 0) is 30.5 Å². The number of carbonyl (C=O) groups excluding carboxylic acids is 1. The summed E-state index contributed by atoms with van der Waals surface area (Å²) in [6, 6.07) is 6.25. The molecule has 1 amide bonds. The minimum absolute atomic E-state index is 0.168. The van der Waals surface area contributed by atoms with E-state index in [1.807, 2.05) is 13.0 Å². The van der Waals surface area contributed by atoms with Crippen molar-refractivity contribution >= 4 is 5.91 Å². The zero-order valence-corrected chi connectivity index (χ0v) is 9.75. The average molecular weight is 219 g/mol. The second-order valence-corrected chi connectivity index (χ2v) is 4.27. The zero-order chi connectivity index (χ0) is 11.5. The van der Waals surface area contributed by atoms with E-state index in [4.69, 9.17) is 4.74 Å². The van der Waals surface area contributed by atoms with Gasteiger partial charge in [-0.1, -0.05) is 12.1 Å². The van der Waals surface area contributed by atoms with Gasteiger partial charge in [-0.15, -0.1) is 0 Å². The fourth-order valence-corrected chi connectivity index (χ4v) is 2.17. The van der Waals surface area contributed by atoms with Crippen LogP contribution in [0.15, 0.2) is 18.2 Å². The molecule has 0 spiro atoms. The predicted octanol–water partition coefficient (Wildman–Crippen LogP) is 2.00. The van der Waals surface area contributed by atoms with Crippen molar-refractivity contribution in [2.24, 2.45) is 0 Å². The largest absolute Gasteiger partial charge is 0.496 e. The highest BCUT2D eigenvalue weighted by Gasteiger charge is 2.19. The van der Waals surface area contributed by atoms with Gasteiger partial charge in [-0.3, -0.25) is 4.79 Å².